The van der Waals surface area contributed by atoms with Gasteiger partial charge < -0.3 is 0 Å². The van der Waals surface area contributed by atoms with E-state index in [1.807, 2.05) is 48.5 Å². The number of aromatic nitrogens is 1. The van der Waals surface area contributed by atoms with Crippen LogP contribution in [0.25, 0.3) is 11.1 Å². The molecule has 0 aliphatic carbocycles. The Hall–Kier alpha value is -3.09. The minimum absolute atomic E-state index is 0.350. The van der Waals surface area contributed by atoms with E-state index in [4.69, 9.17) is 11.8 Å². The van der Waals surface area contributed by atoms with E-state index in [0.29, 0.717) is 16.8 Å². The molecule has 0 N–H and O–H groups in total. The summed E-state index contributed by atoms with van der Waals surface area (Å²) in [4.78, 5) is 16.8. The van der Waals surface area contributed by atoms with Gasteiger partial charge >= 0.3 is 0 Å². The Balaban J connectivity index is 2.15. The van der Waals surface area contributed by atoms with Gasteiger partial charge in [0.25, 0.3) is 5.91 Å². The molecule has 4 heteroatoms. The van der Waals surface area contributed by atoms with Crippen molar-refractivity contribution in [1.29, 1.82) is 0 Å². The number of hydrogen-bond donors (Lipinski definition) is 0. The first-order chi connectivity index (χ1) is 12.2. The molecular weight excluding hydrogens is 332 g/mol. The summed E-state index contributed by atoms with van der Waals surface area (Å²) in [6.07, 6.45) is 3.11. The standard InChI is InChI=1S/C21H15ClN2O/c1-2-8-17-11-6-13-19(16-9-4-3-5-10-16)20(17)24(22)21(25)18-12-7-14-23-15-18/h3-7,9-15H,1H3. The van der Waals surface area contributed by atoms with Crippen LogP contribution in [0.1, 0.15) is 22.8 Å². The molecule has 0 aliphatic heterocycles. The van der Waals surface area contributed by atoms with Gasteiger partial charge in [-0.1, -0.05) is 48.4 Å². The number of carbonyl (C=O) groups excluding carboxylic acids is 1. The van der Waals surface area contributed by atoms with E-state index in [1.54, 1.807) is 25.3 Å². The van der Waals surface area contributed by atoms with Gasteiger partial charge in [-0.15, -0.1) is 5.92 Å². The fourth-order valence-corrected chi connectivity index (χ4v) is 2.83. The summed E-state index contributed by atoms with van der Waals surface area (Å²) in [5.74, 6) is 5.56. The molecule has 0 aliphatic rings. The average molecular weight is 347 g/mol. The lowest BCUT2D eigenvalue weighted by Gasteiger charge is -2.20. The molecule has 0 atom stereocenters. The molecule has 3 aromatic rings. The minimum atomic E-state index is -0.350. The molecule has 1 amide bonds. The van der Waals surface area contributed by atoms with Gasteiger partial charge in [0, 0.05) is 29.7 Å². The van der Waals surface area contributed by atoms with Crippen molar-refractivity contribution in [3.8, 4) is 23.0 Å². The van der Waals surface area contributed by atoms with Crippen molar-refractivity contribution < 1.29 is 4.79 Å². The van der Waals surface area contributed by atoms with E-state index < -0.39 is 0 Å². The Labute approximate surface area is 152 Å². The van der Waals surface area contributed by atoms with Crippen molar-refractivity contribution in [2.24, 2.45) is 0 Å². The summed E-state index contributed by atoms with van der Waals surface area (Å²) >= 11 is 6.48. The molecule has 25 heavy (non-hydrogen) atoms. The number of halogens is 1. The third-order valence-corrected chi connectivity index (χ3v) is 3.99. The first-order valence-electron chi connectivity index (χ1n) is 7.74. The maximum Gasteiger partial charge on any atom is 0.274 e. The summed E-state index contributed by atoms with van der Waals surface area (Å²) < 4.78 is 1.12. The molecule has 0 saturated carbocycles. The molecule has 0 radical (unpaired) electrons. The van der Waals surface area contributed by atoms with Gasteiger partial charge in [-0.05, 0) is 30.7 Å². The Morgan fingerprint density at radius 2 is 1.84 bits per heavy atom. The molecular formula is C21H15ClN2O. The quantitative estimate of drug-likeness (QED) is 0.498. The topological polar surface area (TPSA) is 33.2 Å². The van der Waals surface area contributed by atoms with E-state index in [-0.39, 0.29) is 5.91 Å². The van der Waals surface area contributed by atoms with Gasteiger partial charge in [0.05, 0.1) is 16.8 Å². The zero-order valence-electron chi connectivity index (χ0n) is 13.6. The van der Waals surface area contributed by atoms with E-state index in [9.17, 15) is 4.79 Å². The normalized spacial score (nSPS) is 9.84. The third-order valence-electron chi connectivity index (χ3n) is 3.66. The summed E-state index contributed by atoms with van der Waals surface area (Å²) in [7, 11) is 0. The second-order valence-corrected chi connectivity index (χ2v) is 5.61. The number of rotatable bonds is 3. The van der Waals surface area contributed by atoms with Crippen molar-refractivity contribution in [2.75, 3.05) is 4.42 Å². The van der Waals surface area contributed by atoms with Crippen LogP contribution in [-0.4, -0.2) is 10.9 Å². The first kappa shape index (κ1) is 16.8. The first-order valence-corrected chi connectivity index (χ1v) is 8.07. The van der Waals surface area contributed by atoms with Crippen molar-refractivity contribution >= 4 is 23.4 Å². The average Bonchev–Trinajstić information content (AvgIpc) is 2.68. The van der Waals surface area contributed by atoms with Crippen molar-refractivity contribution in [3.05, 3.63) is 84.2 Å². The van der Waals surface area contributed by atoms with Gasteiger partial charge in [-0.2, -0.15) is 0 Å². The van der Waals surface area contributed by atoms with Crippen LogP contribution in [-0.2, 0) is 0 Å². The highest BCUT2D eigenvalue weighted by atomic mass is 35.5. The predicted octanol–water partition coefficient (Wildman–Crippen LogP) is 4.92. The monoisotopic (exact) mass is 346 g/mol. The van der Waals surface area contributed by atoms with Gasteiger partial charge in [-0.25, -0.2) is 4.42 Å². The van der Waals surface area contributed by atoms with Crippen LogP contribution in [0.5, 0.6) is 0 Å². The fourth-order valence-electron chi connectivity index (χ4n) is 2.55. The molecule has 0 saturated heterocycles. The van der Waals surface area contributed by atoms with Crippen LogP contribution in [0.15, 0.2) is 73.1 Å². The SMILES string of the molecule is CC#Cc1cccc(-c2ccccc2)c1N(Cl)C(=O)c1cccnc1. The number of carbonyl (C=O) groups is 1. The zero-order chi connectivity index (χ0) is 17.6. The van der Waals surface area contributed by atoms with Crippen LogP contribution >= 0.6 is 11.8 Å². The van der Waals surface area contributed by atoms with Gasteiger partial charge in [0.2, 0.25) is 0 Å². The second-order valence-electron chi connectivity index (χ2n) is 5.27. The van der Waals surface area contributed by atoms with Crippen molar-refractivity contribution in [3.63, 3.8) is 0 Å². The number of hydrogen-bond acceptors (Lipinski definition) is 2. The molecule has 3 rings (SSSR count). The lowest BCUT2D eigenvalue weighted by molar-refractivity contribution is 0.100. The maximum absolute atomic E-state index is 12.8. The molecule has 3 nitrogen and oxygen atoms in total. The van der Waals surface area contributed by atoms with E-state index in [0.717, 1.165) is 15.5 Å². The lowest BCUT2D eigenvalue weighted by Crippen LogP contribution is -2.22. The van der Waals surface area contributed by atoms with E-state index in [1.165, 1.54) is 6.20 Å². The molecule has 1 heterocycles. The molecule has 0 bridgehead atoms. The molecule has 0 spiro atoms. The molecule has 2 aromatic carbocycles. The maximum atomic E-state index is 12.8. The summed E-state index contributed by atoms with van der Waals surface area (Å²) in [5.41, 5.74) is 3.47. The highest BCUT2D eigenvalue weighted by Crippen LogP contribution is 2.35. The predicted molar refractivity (Wildman–Crippen MR) is 101 cm³/mol. The summed E-state index contributed by atoms with van der Waals surface area (Å²) in [6.45, 7) is 1.75. The smallest absolute Gasteiger partial charge is 0.267 e. The van der Waals surface area contributed by atoms with E-state index in [2.05, 4.69) is 16.8 Å². The lowest BCUT2D eigenvalue weighted by atomic mass is 9.99. The Morgan fingerprint density at radius 3 is 2.52 bits per heavy atom. The van der Waals surface area contributed by atoms with Crippen molar-refractivity contribution in [2.45, 2.75) is 6.92 Å². The van der Waals surface area contributed by atoms with Gasteiger partial charge in [0.1, 0.15) is 0 Å². The third kappa shape index (κ3) is 3.55. The Morgan fingerprint density at radius 1 is 1.04 bits per heavy atom. The number of amides is 1. The molecule has 1 aromatic heterocycles. The molecule has 0 fully saturated rings. The number of nitrogens with zero attached hydrogens (tertiary/aromatic N) is 2. The highest BCUT2D eigenvalue weighted by molar-refractivity contribution is 6.40. The van der Waals surface area contributed by atoms with E-state index >= 15 is 0 Å². The largest absolute Gasteiger partial charge is 0.274 e. The van der Waals surface area contributed by atoms with Crippen LogP contribution in [0.4, 0.5) is 5.69 Å². The fraction of sp³-hybridized carbons (Fsp3) is 0.0476. The van der Waals surface area contributed by atoms with Crippen LogP contribution < -0.4 is 4.42 Å². The number of benzene rings is 2. The van der Waals surface area contributed by atoms with Crippen LogP contribution in [0.2, 0.25) is 0 Å². The Kier molecular flexibility index (Phi) is 5.13. The van der Waals surface area contributed by atoms with Gasteiger partial charge in [0.15, 0.2) is 0 Å². The summed E-state index contributed by atoms with van der Waals surface area (Å²) in [6, 6.07) is 18.8. The number of pyridine rings is 1. The highest BCUT2D eigenvalue weighted by Gasteiger charge is 2.22. The number of anilines is 1. The zero-order valence-corrected chi connectivity index (χ0v) is 14.4. The van der Waals surface area contributed by atoms with Gasteiger partial charge in [-0.3, -0.25) is 9.78 Å². The molecule has 122 valence electrons. The van der Waals surface area contributed by atoms with Crippen LogP contribution in [0.3, 0.4) is 0 Å². The second kappa shape index (κ2) is 7.65. The summed E-state index contributed by atoms with van der Waals surface area (Å²) in [5, 5.41) is 0. The van der Waals surface area contributed by atoms with Crippen LogP contribution in [0, 0.1) is 11.8 Å². The minimum Gasteiger partial charge on any atom is -0.267 e. The molecule has 0 unspecified atom stereocenters. The number of para-hydroxylation sites is 1. The van der Waals surface area contributed by atoms with Crippen molar-refractivity contribution in [1.82, 2.24) is 4.98 Å². The Bertz CT molecular complexity index is 944.